The fourth-order valence-corrected chi connectivity index (χ4v) is 2.82. The van der Waals surface area contributed by atoms with Gasteiger partial charge in [-0.1, -0.05) is 52.8 Å². The number of aliphatic hydroxyl groups is 1. The number of aliphatic hydroxyl groups excluding tert-OH is 1. The molecule has 2 heteroatoms. The quantitative estimate of drug-likeness (QED) is 0.739. The van der Waals surface area contributed by atoms with Crippen LogP contribution < -0.4 is 4.90 Å². The Morgan fingerprint density at radius 1 is 1.00 bits per heavy atom. The van der Waals surface area contributed by atoms with Crippen LogP contribution in [0.2, 0.25) is 0 Å². The van der Waals surface area contributed by atoms with Gasteiger partial charge in [0.05, 0.1) is 6.10 Å². The van der Waals surface area contributed by atoms with Gasteiger partial charge in [0.25, 0.3) is 0 Å². The Balaban J connectivity index is 3.18. The monoisotopic (exact) mass is 277 g/mol. The van der Waals surface area contributed by atoms with Crippen LogP contribution in [0, 0.1) is 5.92 Å². The summed E-state index contributed by atoms with van der Waals surface area (Å²) >= 11 is 0. The highest BCUT2D eigenvalue weighted by molar-refractivity contribution is 5.55. The molecule has 1 atom stereocenters. The molecule has 1 aromatic carbocycles. The maximum absolute atomic E-state index is 10.3. The molecule has 2 nitrogen and oxygen atoms in total. The molecule has 0 aliphatic heterocycles. The first-order valence-corrected chi connectivity index (χ1v) is 8.08. The number of hydrogen-bond donors (Lipinski definition) is 1. The molecule has 0 aliphatic carbocycles. The second-order valence-corrected chi connectivity index (χ2v) is 6.00. The maximum Gasteiger partial charge on any atom is 0.0807 e. The van der Waals surface area contributed by atoms with E-state index in [-0.39, 0.29) is 6.10 Å². The van der Waals surface area contributed by atoms with Crippen molar-refractivity contribution in [2.75, 3.05) is 11.4 Å². The zero-order valence-electron chi connectivity index (χ0n) is 13.8. The molecule has 1 N–H and O–H groups in total. The van der Waals surface area contributed by atoms with Crippen molar-refractivity contribution in [3.63, 3.8) is 0 Å². The summed E-state index contributed by atoms with van der Waals surface area (Å²) < 4.78 is 0. The molecule has 20 heavy (non-hydrogen) atoms. The van der Waals surface area contributed by atoms with Crippen LogP contribution in [0.5, 0.6) is 0 Å². The number of nitrogens with zero attached hydrogens (tertiary/aromatic N) is 1. The first-order chi connectivity index (χ1) is 9.54. The number of anilines is 1. The van der Waals surface area contributed by atoms with E-state index >= 15 is 0 Å². The van der Waals surface area contributed by atoms with Crippen molar-refractivity contribution in [1.29, 1.82) is 0 Å². The summed E-state index contributed by atoms with van der Waals surface area (Å²) in [5, 5.41) is 10.3. The minimum absolute atomic E-state index is 0.366. The molecule has 0 aliphatic rings. The lowest BCUT2D eigenvalue weighted by atomic mass is 10.00. The lowest BCUT2D eigenvalue weighted by Crippen LogP contribution is -2.38. The van der Waals surface area contributed by atoms with E-state index in [1.165, 1.54) is 5.69 Å². The molecule has 0 saturated heterocycles. The minimum Gasteiger partial charge on any atom is -0.388 e. The van der Waals surface area contributed by atoms with Crippen LogP contribution in [-0.2, 0) is 0 Å². The third-order valence-corrected chi connectivity index (χ3v) is 3.94. The number of benzene rings is 1. The standard InChI is InChI=1S/C18H31NO/c1-6-15(7-2)19(13-14(4)5)17-12-10-9-11-16(17)18(20)8-3/h9-12,14-15,18,20H,6-8,13H2,1-5H3. The normalized spacial score (nSPS) is 13.0. The number of hydrogen-bond acceptors (Lipinski definition) is 2. The van der Waals surface area contributed by atoms with E-state index in [2.05, 4.69) is 50.8 Å². The van der Waals surface area contributed by atoms with Gasteiger partial charge in [-0.05, 0) is 31.2 Å². The highest BCUT2D eigenvalue weighted by atomic mass is 16.3. The Kier molecular flexibility index (Phi) is 7.08. The van der Waals surface area contributed by atoms with Crippen molar-refractivity contribution in [2.45, 2.75) is 66.0 Å². The van der Waals surface area contributed by atoms with Gasteiger partial charge < -0.3 is 10.0 Å². The van der Waals surface area contributed by atoms with E-state index in [4.69, 9.17) is 0 Å². The fourth-order valence-electron chi connectivity index (χ4n) is 2.82. The van der Waals surface area contributed by atoms with Crippen LogP contribution in [0.3, 0.4) is 0 Å². The van der Waals surface area contributed by atoms with Crippen molar-refractivity contribution in [3.05, 3.63) is 29.8 Å². The summed E-state index contributed by atoms with van der Waals surface area (Å²) in [7, 11) is 0. The molecular formula is C18H31NO. The Labute approximate surface area is 124 Å². The Morgan fingerprint density at radius 3 is 2.10 bits per heavy atom. The zero-order valence-corrected chi connectivity index (χ0v) is 13.8. The van der Waals surface area contributed by atoms with Gasteiger partial charge in [-0.15, -0.1) is 0 Å². The van der Waals surface area contributed by atoms with Crippen LogP contribution in [0.25, 0.3) is 0 Å². The fraction of sp³-hybridized carbons (Fsp3) is 0.667. The van der Waals surface area contributed by atoms with Crippen LogP contribution in [0.15, 0.2) is 24.3 Å². The van der Waals surface area contributed by atoms with Gasteiger partial charge in [-0.2, -0.15) is 0 Å². The van der Waals surface area contributed by atoms with Gasteiger partial charge in [-0.3, -0.25) is 0 Å². The third-order valence-electron chi connectivity index (χ3n) is 3.94. The van der Waals surface area contributed by atoms with Crippen molar-refractivity contribution in [3.8, 4) is 0 Å². The van der Waals surface area contributed by atoms with Crippen LogP contribution >= 0.6 is 0 Å². The van der Waals surface area contributed by atoms with Crippen molar-refractivity contribution >= 4 is 5.69 Å². The number of para-hydroxylation sites is 1. The maximum atomic E-state index is 10.3. The third kappa shape index (κ3) is 4.24. The average molecular weight is 277 g/mol. The average Bonchev–Trinajstić information content (AvgIpc) is 2.46. The molecular weight excluding hydrogens is 246 g/mol. The van der Waals surface area contributed by atoms with Gasteiger partial charge in [0.15, 0.2) is 0 Å². The van der Waals surface area contributed by atoms with Crippen LogP contribution in [-0.4, -0.2) is 17.7 Å². The Bertz CT molecular complexity index is 385. The van der Waals surface area contributed by atoms with E-state index in [0.717, 1.165) is 31.4 Å². The molecule has 0 fully saturated rings. The smallest absolute Gasteiger partial charge is 0.0807 e. The molecule has 0 spiro atoms. The molecule has 0 saturated carbocycles. The van der Waals surface area contributed by atoms with Gasteiger partial charge in [-0.25, -0.2) is 0 Å². The van der Waals surface area contributed by atoms with E-state index in [0.29, 0.717) is 12.0 Å². The van der Waals surface area contributed by atoms with E-state index < -0.39 is 0 Å². The van der Waals surface area contributed by atoms with Gasteiger partial charge in [0.2, 0.25) is 0 Å². The summed E-state index contributed by atoms with van der Waals surface area (Å²) in [6.07, 6.45) is 2.67. The second kappa shape index (κ2) is 8.31. The number of rotatable bonds is 8. The molecule has 0 heterocycles. The van der Waals surface area contributed by atoms with Gasteiger partial charge in [0.1, 0.15) is 0 Å². The molecule has 0 amide bonds. The molecule has 1 rings (SSSR count). The van der Waals surface area contributed by atoms with E-state index in [9.17, 15) is 5.11 Å². The zero-order chi connectivity index (χ0) is 15.1. The van der Waals surface area contributed by atoms with Crippen molar-refractivity contribution in [2.24, 2.45) is 5.92 Å². The topological polar surface area (TPSA) is 23.5 Å². The second-order valence-electron chi connectivity index (χ2n) is 6.00. The van der Waals surface area contributed by atoms with E-state index in [1.54, 1.807) is 0 Å². The van der Waals surface area contributed by atoms with Crippen molar-refractivity contribution < 1.29 is 5.11 Å². The predicted molar refractivity (Wildman–Crippen MR) is 88.2 cm³/mol. The SMILES string of the molecule is CCC(O)c1ccccc1N(CC(C)C)C(CC)CC. The summed E-state index contributed by atoms with van der Waals surface area (Å²) in [4.78, 5) is 2.50. The van der Waals surface area contributed by atoms with Crippen LogP contribution in [0.1, 0.15) is 65.5 Å². The first-order valence-electron chi connectivity index (χ1n) is 8.08. The summed E-state index contributed by atoms with van der Waals surface area (Å²) in [6, 6.07) is 8.88. The molecule has 0 radical (unpaired) electrons. The Morgan fingerprint density at radius 2 is 1.60 bits per heavy atom. The first kappa shape index (κ1) is 17.0. The molecule has 0 aromatic heterocycles. The lowest BCUT2D eigenvalue weighted by molar-refractivity contribution is 0.174. The van der Waals surface area contributed by atoms with Gasteiger partial charge >= 0.3 is 0 Å². The summed E-state index contributed by atoms with van der Waals surface area (Å²) in [6.45, 7) is 12.1. The Hall–Kier alpha value is -1.02. The summed E-state index contributed by atoms with van der Waals surface area (Å²) in [5.74, 6) is 0.613. The largest absolute Gasteiger partial charge is 0.388 e. The highest BCUT2D eigenvalue weighted by Gasteiger charge is 2.21. The van der Waals surface area contributed by atoms with E-state index in [1.807, 2.05) is 13.0 Å². The molecule has 114 valence electrons. The highest BCUT2D eigenvalue weighted by Crippen LogP contribution is 2.31. The predicted octanol–water partition coefficient (Wildman–Crippen LogP) is 4.78. The summed E-state index contributed by atoms with van der Waals surface area (Å²) in [5.41, 5.74) is 2.28. The lowest BCUT2D eigenvalue weighted by Gasteiger charge is -2.36. The molecule has 1 unspecified atom stereocenters. The van der Waals surface area contributed by atoms with Crippen LogP contribution in [0.4, 0.5) is 5.69 Å². The molecule has 1 aromatic rings. The minimum atomic E-state index is -0.366. The molecule has 0 bridgehead atoms. The van der Waals surface area contributed by atoms with Crippen molar-refractivity contribution in [1.82, 2.24) is 0 Å². The van der Waals surface area contributed by atoms with Gasteiger partial charge in [0, 0.05) is 23.8 Å².